The van der Waals surface area contributed by atoms with E-state index in [1.54, 1.807) is 19.2 Å². The summed E-state index contributed by atoms with van der Waals surface area (Å²) in [6.45, 7) is 3.16. The summed E-state index contributed by atoms with van der Waals surface area (Å²) in [5.74, 6) is 0.998. The Bertz CT molecular complexity index is 792. The molecule has 0 saturated heterocycles. The van der Waals surface area contributed by atoms with Gasteiger partial charge in [-0.25, -0.2) is 0 Å². The monoisotopic (exact) mass is 337 g/mol. The third kappa shape index (κ3) is 3.93. The minimum absolute atomic E-state index is 0.296. The lowest BCUT2D eigenvalue weighted by Gasteiger charge is -2.11. The van der Waals surface area contributed by atoms with Crippen molar-refractivity contribution >= 4 is 24.1 Å². The van der Waals surface area contributed by atoms with Crippen LogP contribution in [0.25, 0.3) is 0 Å². The van der Waals surface area contributed by atoms with Crippen LogP contribution in [0.4, 0.5) is 11.5 Å². The Morgan fingerprint density at radius 3 is 3.00 bits per heavy atom. The predicted octanol–water partition coefficient (Wildman–Crippen LogP) is 2.75. The molecule has 0 amide bonds. The lowest BCUT2D eigenvalue weighted by molar-refractivity contribution is 0.246. The third-order valence-electron chi connectivity index (χ3n) is 3.99. The first-order valence-electron chi connectivity index (χ1n) is 8.33. The summed E-state index contributed by atoms with van der Waals surface area (Å²) >= 11 is 0. The van der Waals surface area contributed by atoms with E-state index < -0.39 is 0 Å². The molecule has 0 atom stereocenters. The molecule has 128 valence electrons. The molecule has 6 nitrogen and oxygen atoms in total. The average molecular weight is 337 g/mol. The van der Waals surface area contributed by atoms with Gasteiger partial charge in [0.1, 0.15) is 17.5 Å². The summed E-state index contributed by atoms with van der Waals surface area (Å²) in [7, 11) is 1.34. The number of hydrogen-bond donors (Lipinski definition) is 1. The smallest absolute Gasteiger partial charge is 0.477 e. The minimum atomic E-state index is -0.296. The molecule has 25 heavy (non-hydrogen) atoms. The highest BCUT2D eigenvalue weighted by molar-refractivity contribution is 6.62. The number of benzene rings is 1. The molecule has 7 heteroatoms. The Morgan fingerprint density at radius 1 is 1.36 bits per heavy atom. The second-order valence-electron chi connectivity index (χ2n) is 5.78. The van der Waals surface area contributed by atoms with Crippen LogP contribution in [0, 0.1) is 11.3 Å². The molecule has 1 aromatic carbocycles. The molecule has 0 unspecified atom stereocenters. The molecule has 1 N–H and O–H groups in total. The number of aromatic nitrogens is 1. The van der Waals surface area contributed by atoms with Crippen LogP contribution in [-0.2, 0) is 15.9 Å². The Balaban J connectivity index is 1.77. The van der Waals surface area contributed by atoms with Crippen molar-refractivity contribution in [3.8, 4) is 11.9 Å². The zero-order chi connectivity index (χ0) is 17.6. The fourth-order valence-corrected chi connectivity index (χ4v) is 2.65. The maximum Gasteiger partial charge on any atom is 0.494 e. The fraction of sp³-hybridized carbons (Fsp3) is 0.333. The van der Waals surface area contributed by atoms with Crippen molar-refractivity contribution in [3.05, 3.63) is 41.5 Å². The second-order valence-corrected chi connectivity index (χ2v) is 5.78. The zero-order valence-corrected chi connectivity index (χ0v) is 14.4. The summed E-state index contributed by atoms with van der Waals surface area (Å²) in [6.07, 6.45) is 1.95. The van der Waals surface area contributed by atoms with E-state index >= 15 is 0 Å². The van der Waals surface area contributed by atoms with E-state index in [1.165, 1.54) is 0 Å². The van der Waals surface area contributed by atoms with Crippen LogP contribution in [0.3, 0.4) is 0 Å². The molecule has 0 spiro atoms. The number of unbranched alkanes of at least 4 members (excludes halogenated alkanes) is 1. The first kappa shape index (κ1) is 17.3. The van der Waals surface area contributed by atoms with Gasteiger partial charge in [-0.2, -0.15) is 10.2 Å². The van der Waals surface area contributed by atoms with E-state index in [-0.39, 0.29) is 7.12 Å². The molecular weight excluding hydrogens is 317 g/mol. The molecule has 3 rings (SSSR count). The van der Waals surface area contributed by atoms with Crippen molar-refractivity contribution in [3.63, 3.8) is 0 Å². The van der Waals surface area contributed by atoms with Crippen molar-refractivity contribution in [2.75, 3.05) is 19.0 Å². The van der Waals surface area contributed by atoms with E-state index in [9.17, 15) is 5.26 Å². The zero-order valence-electron chi connectivity index (χ0n) is 14.4. The van der Waals surface area contributed by atoms with Crippen LogP contribution in [0.1, 0.15) is 30.9 Å². The van der Waals surface area contributed by atoms with Crippen molar-refractivity contribution in [2.45, 2.75) is 26.4 Å². The molecule has 1 aliphatic rings. The van der Waals surface area contributed by atoms with Crippen molar-refractivity contribution < 1.29 is 14.0 Å². The average Bonchev–Trinajstić information content (AvgIpc) is 3.04. The molecule has 2 heterocycles. The van der Waals surface area contributed by atoms with E-state index in [1.807, 2.05) is 18.2 Å². The van der Waals surface area contributed by atoms with Gasteiger partial charge in [-0.1, -0.05) is 19.4 Å². The van der Waals surface area contributed by atoms with Gasteiger partial charge in [0.15, 0.2) is 0 Å². The van der Waals surface area contributed by atoms with Gasteiger partial charge in [0.05, 0.1) is 13.2 Å². The largest absolute Gasteiger partial charge is 0.494 e. The Morgan fingerprint density at radius 2 is 2.24 bits per heavy atom. The van der Waals surface area contributed by atoms with Crippen LogP contribution in [0.15, 0.2) is 30.3 Å². The Kier molecular flexibility index (Phi) is 5.54. The predicted molar refractivity (Wildman–Crippen MR) is 96.3 cm³/mol. The van der Waals surface area contributed by atoms with E-state index in [2.05, 4.69) is 23.3 Å². The van der Waals surface area contributed by atoms with Crippen molar-refractivity contribution in [2.24, 2.45) is 0 Å². The first-order valence-corrected chi connectivity index (χ1v) is 8.33. The lowest BCUT2D eigenvalue weighted by Crippen LogP contribution is -2.30. The summed E-state index contributed by atoms with van der Waals surface area (Å²) < 4.78 is 16.5. The number of hydrogen-bond acceptors (Lipinski definition) is 6. The van der Waals surface area contributed by atoms with Gasteiger partial charge in [-0.05, 0) is 41.7 Å². The normalized spacial score (nSPS) is 12.6. The second kappa shape index (κ2) is 8.01. The number of anilines is 2. The lowest BCUT2D eigenvalue weighted by atomic mass is 9.79. The maximum absolute atomic E-state index is 9.19. The number of pyridine rings is 1. The van der Waals surface area contributed by atoms with Crippen LogP contribution in [0.5, 0.6) is 5.88 Å². The van der Waals surface area contributed by atoms with Crippen LogP contribution >= 0.6 is 0 Å². The van der Waals surface area contributed by atoms with Gasteiger partial charge in [-0.15, -0.1) is 0 Å². The number of nitrogens with one attached hydrogen (secondary N) is 1. The van der Waals surface area contributed by atoms with Gasteiger partial charge in [0.25, 0.3) is 0 Å². The summed E-state index contributed by atoms with van der Waals surface area (Å²) in [5.41, 5.74) is 3.47. The maximum atomic E-state index is 9.19. The van der Waals surface area contributed by atoms with Gasteiger partial charge in [0.2, 0.25) is 5.88 Å². The molecule has 0 aliphatic carbocycles. The highest BCUT2D eigenvalue weighted by atomic mass is 16.6. The summed E-state index contributed by atoms with van der Waals surface area (Å²) in [6, 6.07) is 11.6. The number of nitrogens with zero attached hydrogens (tertiary/aromatic N) is 2. The van der Waals surface area contributed by atoms with Gasteiger partial charge in [0, 0.05) is 12.8 Å². The number of ether oxygens (including phenoxy) is 1. The third-order valence-corrected chi connectivity index (χ3v) is 3.99. The molecular formula is C18H20BN3O3. The minimum Gasteiger partial charge on any atom is -0.477 e. The fourth-order valence-electron chi connectivity index (χ4n) is 2.65. The van der Waals surface area contributed by atoms with Gasteiger partial charge in [-0.3, -0.25) is 0 Å². The molecule has 0 bridgehead atoms. The van der Waals surface area contributed by atoms with E-state index in [0.717, 1.165) is 29.6 Å². The molecule has 1 aromatic heterocycles. The molecule has 2 aromatic rings. The van der Waals surface area contributed by atoms with Gasteiger partial charge >= 0.3 is 7.12 Å². The van der Waals surface area contributed by atoms with Gasteiger partial charge < -0.3 is 19.4 Å². The van der Waals surface area contributed by atoms with Crippen LogP contribution < -0.4 is 15.5 Å². The number of fused-ring (bicyclic) bond motifs is 1. The molecule has 0 radical (unpaired) electrons. The Hall–Kier alpha value is -2.56. The number of rotatable bonds is 7. The Labute approximate surface area is 147 Å². The van der Waals surface area contributed by atoms with Crippen molar-refractivity contribution in [1.82, 2.24) is 4.98 Å². The van der Waals surface area contributed by atoms with Crippen molar-refractivity contribution in [1.29, 1.82) is 5.26 Å². The summed E-state index contributed by atoms with van der Waals surface area (Å²) in [4.78, 5) is 4.42. The molecule has 0 fully saturated rings. The summed E-state index contributed by atoms with van der Waals surface area (Å²) in [5, 5.41) is 12.4. The molecule has 1 aliphatic heterocycles. The van der Waals surface area contributed by atoms with Crippen LogP contribution in [0.2, 0.25) is 0 Å². The highest BCUT2D eigenvalue weighted by Gasteiger charge is 2.29. The van der Waals surface area contributed by atoms with Crippen LogP contribution in [-0.4, -0.2) is 25.8 Å². The first-order chi connectivity index (χ1) is 12.2. The molecule has 0 saturated carbocycles. The highest BCUT2D eigenvalue weighted by Crippen LogP contribution is 2.23. The van der Waals surface area contributed by atoms with E-state index in [0.29, 0.717) is 30.5 Å². The standard InChI is InChI=1S/C18H20BN3O3/c1-3-4-9-24-18-13(11-20)5-8-17(22-18)21-15-6-7-16-14(10-15)12-25-19(16)23-2/h5-8,10H,3-4,9,12H2,1-2H3,(H,21,22). The number of nitriles is 1. The quantitative estimate of drug-likeness (QED) is 0.618. The topological polar surface area (TPSA) is 76.4 Å². The SMILES string of the molecule is CCCCOc1nc(Nc2ccc3c(c2)COB3OC)ccc1C#N. The van der Waals surface area contributed by atoms with E-state index in [4.69, 9.17) is 14.0 Å².